The van der Waals surface area contributed by atoms with Gasteiger partial charge in [0.1, 0.15) is 0 Å². The van der Waals surface area contributed by atoms with Crippen LogP contribution in [0.15, 0.2) is 88.8 Å². The summed E-state index contributed by atoms with van der Waals surface area (Å²) >= 11 is 1.28. The minimum Gasteiger partial charge on any atom is -0.276 e. The van der Waals surface area contributed by atoms with Crippen molar-refractivity contribution in [3.05, 3.63) is 106 Å². The summed E-state index contributed by atoms with van der Waals surface area (Å²) in [5.74, 6) is 0.688. The van der Waals surface area contributed by atoms with Crippen LogP contribution in [0.5, 0.6) is 0 Å². The molecule has 0 spiro atoms. The van der Waals surface area contributed by atoms with Crippen LogP contribution in [0.3, 0.4) is 0 Å². The Bertz CT molecular complexity index is 1530. The molecule has 0 aliphatic heterocycles. The van der Waals surface area contributed by atoms with Crippen molar-refractivity contribution in [3.8, 4) is 0 Å². The van der Waals surface area contributed by atoms with Crippen molar-refractivity contribution in [2.45, 2.75) is 30.1 Å². The Balaban J connectivity index is 1.53. The summed E-state index contributed by atoms with van der Waals surface area (Å²) in [5.41, 5.74) is 1.45. The van der Waals surface area contributed by atoms with Gasteiger partial charge in [-0.25, -0.2) is 0 Å². The zero-order chi connectivity index (χ0) is 23.7. The van der Waals surface area contributed by atoms with Crippen LogP contribution in [-0.4, -0.2) is 19.2 Å². The molecule has 0 fully saturated rings. The number of fused-ring (bicyclic) bond motifs is 3. The molecule has 5 aromatic rings. The zero-order valence-corrected chi connectivity index (χ0v) is 18.7. The maximum absolute atomic E-state index is 13.3. The molecule has 5 rings (SSSR count). The van der Waals surface area contributed by atoms with Crippen LogP contribution in [0, 0.1) is 0 Å². The molecule has 0 amide bonds. The van der Waals surface area contributed by atoms with Gasteiger partial charge < -0.3 is 0 Å². The average molecular weight is 481 g/mol. The Morgan fingerprint density at radius 3 is 2.38 bits per heavy atom. The van der Waals surface area contributed by atoms with Gasteiger partial charge in [-0.2, -0.15) is 13.2 Å². The van der Waals surface area contributed by atoms with Crippen LogP contribution < -0.4 is 5.56 Å². The van der Waals surface area contributed by atoms with Gasteiger partial charge in [0.2, 0.25) is 5.78 Å². The monoisotopic (exact) mass is 480 g/mol. The molecule has 9 heteroatoms. The van der Waals surface area contributed by atoms with E-state index < -0.39 is 11.7 Å². The number of rotatable bonds is 6. The van der Waals surface area contributed by atoms with Gasteiger partial charge in [-0.3, -0.25) is 13.8 Å². The lowest BCUT2D eigenvalue weighted by molar-refractivity contribution is -0.137. The summed E-state index contributed by atoms with van der Waals surface area (Å²) in [6.45, 7) is 0.424. The van der Waals surface area contributed by atoms with E-state index in [1.54, 1.807) is 27.2 Å². The Morgan fingerprint density at radius 2 is 1.59 bits per heavy atom. The molecule has 0 saturated heterocycles. The fourth-order valence-corrected chi connectivity index (χ4v) is 4.78. The molecular formula is C25H19F3N4OS. The van der Waals surface area contributed by atoms with E-state index in [4.69, 9.17) is 0 Å². The summed E-state index contributed by atoms with van der Waals surface area (Å²) in [7, 11) is 0. The first kappa shape index (κ1) is 22.2. The van der Waals surface area contributed by atoms with Gasteiger partial charge in [0, 0.05) is 12.3 Å². The van der Waals surface area contributed by atoms with Crippen LogP contribution >= 0.6 is 11.8 Å². The molecule has 34 heavy (non-hydrogen) atoms. The van der Waals surface area contributed by atoms with E-state index in [-0.39, 0.29) is 11.3 Å². The number of benzene rings is 3. The van der Waals surface area contributed by atoms with Gasteiger partial charge in [0.25, 0.3) is 5.56 Å². The Labute approximate surface area is 196 Å². The molecule has 5 nitrogen and oxygen atoms in total. The van der Waals surface area contributed by atoms with Crippen molar-refractivity contribution < 1.29 is 13.2 Å². The molecule has 2 heterocycles. The fraction of sp³-hybridized carbons (Fsp3) is 0.160. The molecule has 0 radical (unpaired) electrons. The highest BCUT2D eigenvalue weighted by atomic mass is 32.2. The second kappa shape index (κ2) is 8.98. The Hall–Kier alpha value is -3.59. The minimum absolute atomic E-state index is 0.152. The van der Waals surface area contributed by atoms with Crippen molar-refractivity contribution >= 4 is 28.4 Å². The number of hydrogen-bond donors (Lipinski definition) is 0. The minimum atomic E-state index is -4.40. The maximum Gasteiger partial charge on any atom is 0.416 e. The lowest BCUT2D eigenvalue weighted by Gasteiger charge is -2.12. The predicted octanol–water partition coefficient (Wildman–Crippen LogP) is 5.60. The fourth-order valence-electron chi connectivity index (χ4n) is 3.90. The summed E-state index contributed by atoms with van der Waals surface area (Å²) in [6.07, 6.45) is -3.75. The predicted molar refractivity (Wildman–Crippen MR) is 126 cm³/mol. The number of alkyl halides is 3. The van der Waals surface area contributed by atoms with Crippen molar-refractivity contribution in [1.82, 2.24) is 19.2 Å². The van der Waals surface area contributed by atoms with Crippen molar-refractivity contribution in [3.63, 3.8) is 0 Å². The number of nitrogens with zero attached hydrogens (tertiary/aromatic N) is 4. The maximum atomic E-state index is 13.3. The highest BCUT2D eigenvalue weighted by Gasteiger charge is 2.30. The van der Waals surface area contributed by atoms with E-state index in [2.05, 4.69) is 10.2 Å². The summed E-state index contributed by atoms with van der Waals surface area (Å²) in [5, 5.41) is 9.61. The smallest absolute Gasteiger partial charge is 0.276 e. The number of aromatic nitrogens is 4. The molecule has 0 N–H and O–H groups in total. The molecule has 0 saturated carbocycles. The van der Waals surface area contributed by atoms with E-state index in [1.807, 2.05) is 42.5 Å². The molecule has 0 unspecified atom stereocenters. The Kier molecular flexibility index (Phi) is 5.87. The van der Waals surface area contributed by atoms with E-state index in [1.165, 1.54) is 17.8 Å². The van der Waals surface area contributed by atoms with E-state index in [9.17, 15) is 18.0 Å². The second-order valence-corrected chi connectivity index (χ2v) is 8.76. The molecule has 2 aromatic heterocycles. The van der Waals surface area contributed by atoms with Crippen LogP contribution in [0.2, 0.25) is 0 Å². The zero-order valence-electron chi connectivity index (χ0n) is 17.9. The van der Waals surface area contributed by atoms with Gasteiger partial charge in [-0.05, 0) is 35.7 Å². The number of thioether (sulfide) groups is 1. The summed E-state index contributed by atoms with van der Waals surface area (Å²) in [6, 6.07) is 22.3. The molecular weight excluding hydrogens is 461 g/mol. The SMILES string of the molecule is O=c1c2ccccc2n2c(SCc3cccc(C(F)(F)F)c3)nnc2n1CCc1ccccc1. The third-order valence-electron chi connectivity index (χ3n) is 5.57. The first-order valence-electron chi connectivity index (χ1n) is 10.6. The summed E-state index contributed by atoms with van der Waals surface area (Å²) in [4.78, 5) is 13.3. The number of hydrogen-bond acceptors (Lipinski definition) is 4. The van der Waals surface area contributed by atoms with Crippen LogP contribution in [0.1, 0.15) is 16.7 Å². The first-order valence-corrected chi connectivity index (χ1v) is 11.6. The normalized spacial score (nSPS) is 12.0. The van der Waals surface area contributed by atoms with Gasteiger partial charge in [0.05, 0.1) is 16.5 Å². The van der Waals surface area contributed by atoms with E-state index in [0.717, 1.165) is 17.7 Å². The molecule has 0 bridgehead atoms. The number of para-hydroxylation sites is 1. The van der Waals surface area contributed by atoms with Crippen LogP contribution in [0.25, 0.3) is 16.7 Å². The van der Waals surface area contributed by atoms with Crippen molar-refractivity contribution in [1.29, 1.82) is 0 Å². The number of halogens is 3. The molecule has 0 atom stereocenters. The standard InChI is InChI=1S/C25H19F3N4OS/c26-25(27,28)19-10-6-9-18(15-19)16-34-24-30-29-23-31(14-13-17-7-2-1-3-8-17)22(33)20-11-4-5-12-21(20)32(23)24/h1-12,15H,13-14,16H2. The lowest BCUT2D eigenvalue weighted by atomic mass is 10.1. The first-order chi connectivity index (χ1) is 16.4. The highest BCUT2D eigenvalue weighted by Crippen LogP contribution is 2.31. The third kappa shape index (κ3) is 4.31. The average Bonchev–Trinajstić information content (AvgIpc) is 3.27. The van der Waals surface area contributed by atoms with E-state index in [0.29, 0.717) is 40.4 Å². The topological polar surface area (TPSA) is 52.2 Å². The third-order valence-corrected chi connectivity index (χ3v) is 6.57. The Morgan fingerprint density at radius 1 is 0.853 bits per heavy atom. The van der Waals surface area contributed by atoms with Gasteiger partial charge in [-0.1, -0.05) is 72.4 Å². The van der Waals surface area contributed by atoms with Crippen molar-refractivity contribution in [2.24, 2.45) is 0 Å². The lowest BCUT2D eigenvalue weighted by Crippen LogP contribution is -2.24. The quantitative estimate of drug-likeness (QED) is 0.297. The highest BCUT2D eigenvalue weighted by molar-refractivity contribution is 7.98. The van der Waals surface area contributed by atoms with E-state index >= 15 is 0 Å². The van der Waals surface area contributed by atoms with Gasteiger partial charge >= 0.3 is 6.18 Å². The molecule has 0 aliphatic rings. The van der Waals surface area contributed by atoms with Crippen LogP contribution in [-0.2, 0) is 24.9 Å². The molecule has 172 valence electrons. The number of aryl methyl sites for hydroxylation is 2. The molecule has 3 aromatic carbocycles. The summed E-state index contributed by atoms with van der Waals surface area (Å²) < 4.78 is 42.6. The van der Waals surface area contributed by atoms with Gasteiger partial charge in [-0.15, -0.1) is 10.2 Å². The molecule has 0 aliphatic carbocycles. The van der Waals surface area contributed by atoms with Gasteiger partial charge in [0.15, 0.2) is 5.16 Å². The van der Waals surface area contributed by atoms with Crippen LogP contribution in [0.4, 0.5) is 13.2 Å². The largest absolute Gasteiger partial charge is 0.416 e. The second-order valence-electron chi connectivity index (χ2n) is 7.81. The van der Waals surface area contributed by atoms with Crippen molar-refractivity contribution in [2.75, 3.05) is 0 Å².